The van der Waals surface area contributed by atoms with Gasteiger partial charge in [0.05, 0.1) is 0 Å². The number of nitrogens with two attached hydrogens (primary N) is 1. The smallest absolute Gasteiger partial charge is 0.0219 e. The molecule has 0 amide bonds. The molecule has 12 heavy (non-hydrogen) atoms. The predicted octanol–water partition coefficient (Wildman–Crippen LogP) is 1.65. The molecule has 2 atom stereocenters. The van der Waals surface area contributed by atoms with Crippen molar-refractivity contribution in [2.24, 2.45) is 5.73 Å². The van der Waals surface area contributed by atoms with E-state index in [2.05, 4.69) is 12.2 Å². The van der Waals surface area contributed by atoms with Gasteiger partial charge in [-0.2, -0.15) is 0 Å². The number of nitrogens with one attached hydrogen (secondary N) is 1. The normalized spacial score (nSPS) is 31.5. The highest BCUT2D eigenvalue weighted by atomic mass is 15.0. The molecule has 0 saturated carbocycles. The van der Waals surface area contributed by atoms with Gasteiger partial charge in [0.15, 0.2) is 0 Å². The molecule has 1 fully saturated rings. The first-order valence-corrected chi connectivity index (χ1v) is 5.33. The lowest BCUT2D eigenvalue weighted by molar-refractivity contribution is 0.411. The van der Waals surface area contributed by atoms with Crippen molar-refractivity contribution < 1.29 is 0 Å². The number of hydrogen-bond donors (Lipinski definition) is 2. The third-order valence-electron chi connectivity index (χ3n) is 2.76. The summed E-state index contributed by atoms with van der Waals surface area (Å²) in [4.78, 5) is 0. The molecule has 1 rings (SSSR count). The molecular formula is C10H22N2. The summed E-state index contributed by atoms with van der Waals surface area (Å²) in [6.45, 7) is 3.41. The first kappa shape index (κ1) is 10.0. The van der Waals surface area contributed by atoms with Crippen LogP contribution in [0.25, 0.3) is 0 Å². The maximum Gasteiger partial charge on any atom is 0.0219 e. The van der Waals surface area contributed by atoms with E-state index in [4.69, 9.17) is 5.73 Å². The largest absolute Gasteiger partial charge is 0.326 e. The summed E-state index contributed by atoms with van der Waals surface area (Å²) in [5.41, 5.74) is 6.06. The Bertz CT molecular complexity index is 114. The summed E-state index contributed by atoms with van der Waals surface area (Å²) < 4.78 is 0. The van der Waals surface area contributed by atoms with E-state index in [1.54, 1.807) is 0 Å². The molecule has 0 unspecified atom stereocenters. The highest BCUT2D eigenvalue weighted by Crippen LogP contribution is 2.12. The van der Waals surface area contributed by atoms with Crippen LogP contribution in [-0.4, -0.2) is 18.6 Å². The molecular weight excluding hydrogens is 148 g/mol. The van der Waals surface area contributed by atoms with Crippen LogP contribution in [0.1, 0.15) is 45.4 Å². The molecule has 0 radical (unpaired) electrons. The van der Waals surface area contributed by atoms with E-state index in [1.165, 1.54) is 45.1 Å². The average Bonchev–Trinajstić information content (AvgIpc) is 2.27. The second-order valence-electron chi connectivity index (χ2n) is 3.86. The molecule has 0 aromatic heterocycles. The lowest BCUT2D eigenvalue weighted by Gasteiger charge is -2.21. The van der Waals surface area contributed by atoms with E-state index in [9.17, 15) is 0 Å². The van der Waals surface area contributed by atoms with Crippen LogP contribution >= 0.6 is 0 Å². The zero-order valence-electron chi connectivity index (χ0n) is 8.18. The van der Waals surface area contributed by atoms with Gasteiger partial charge in [0.1, 0.15) is 0 Å². The molecule has 1 saturated heterocycles. The molecule has 1 aliphatic rings. The van der Waals surface area contributed by atoms with Crippen LogP contribution in [0.5, 0.6) is 0 Å². The summed E-state index contributed by atoms with van der Waals surface area (Å²) in [6, 6.07) is 0.992. The van der Waals surface area contributed by atoms with Crippen molar-refractivity contribution in [3.8, 4) is 0 Å². The Hall–Kier alpha value is -0.0800. The van der Waals surface area contributed by atoms with Gasteiger partial charge in [-0.3, -0.25) is 0 Å². The summed E-state index contributed by atoms with van der Waals surface area (Å²) in [7, 11) is 0. The van der Waals surface area contributed by atoms with E-state index >= 15 is 0 Å². The van der Waals surface area contributed by atoms with Crippen molar-refractivity contribution in [3.05, 3.63) is 0 Å². The van der Waals surface area contributed by atoms with Crippen LogP contribution in [0.2, 0.25) is 0 Å². The molecule has 72 valence electrons. The van der Waals surface area contributed by atoms with Gasteiger partial charge in [-0.1, -0.05) is 26.2 Å². The fourth-order valence-electron chi connectivity index (χ4n) is 1.89. The van der Waals surface area contributed by atoms with Gasteiger partial charge in [-0.05, 0) is 25.8 Å². The second-order valence-corrected chi connectivity index (χ2v) is 3.86. The van der Waals surface area contributed by atoms with Crippen molar-refractivity contribution >= 4 is 0 Å². The van der Waals surface area contributed by atoms with Gasteiger partial charge in [0, 0.05) is 12.1 Å². The van der Waals surface area contributed by atoms with Crippen molar-refractivity contribution in [1.82, 2.24) is 5.32 Å². The van der Waals surface area contributed by atoms with E-state index < -0.39 is 0 Å². The topological polar surface area (TPSA) is 38.0 Å². The highest BCUT2D eigenvalue weighted by Gasteiger charge is 2.18. The molecule has 2 heteroatoms. The minimum absolute atomic E-state index is 0.402. The van der Waals surface area contributed by atoms with Gasteiger partial charge in [-0.25, -0.2) is 0 Å². The molecule has 2 nitrogen and oxygen atoms in total. The summed E-state index contributed by atoms with van der Waals surface area (Å²) in [6.07, 6.45) is 7.67. The lowest BCUT2D eigenvalue weighted by atomic mass is 10.00. The Morgan fingerprint density at radius 1 is 1.42 bits per heavy atom. The van der Waals surface area contributed by atoms with Crippen molar-refractivity contribution in [1.29, 1.82) is 0 Å². The first-order valence-electron chi connectivity index (χ1n) is 5.33. The van der Waals surface area contributed by atoms with Crippen LogP contribution in [0.4, 0.5) is 0 Å². The molecule has 1 heterocycles. The fourth-order valence-corrected chi connectivity index (χ4v) is 1.89. The zero-order chi connectivity index (χ0) is 8.81. The van der Waals surface area contributed by atoms with Gasteiger partial charge in [0.25, 0.3) is 0 Å². The SMILES string of the molecule is CCCC[C@H]1NCCCC[C@@H]1N. The second kappa shape index (κ2) is 5.55. The third-order valence-corrected chi connectivity index (χ3v) is 2.76. The van der Waals surface area contributed by atoms with Crippen molar-refractivity contribution in [3.63, 3.8) is 0 Å². The van der Waals surface area contributed by atoms with Crippen LogP contribution in [0, 0.1) is 0 Å². The fraction of sp³-hybridized carbons (Fsp3) is 1.00. The summed E-state index contributed by atoms with van der Waals surface area (Å²) in [5, 5.41) is 3.54. The van der Waals surface area contributed by atoms with Gasteiger partial charge < -0.3 is 11.1 Å². The maximum atomic E-state index is 6.06. The Morgan fingerprint density at radius 2 is 2.25 bits per heavy atom. The van der Waals surface area contributed by atoms with Crippen LogP contribution in [0.3, 0.4) is 0 Å². The Balaban J connectivity index is 2.26. The standard InChI is InChI=1S/C10H22N2/c1-2-3-7-10-9(11)6-4-5-8-12-10/h9-10,12H,2-8,11H2,1H3/t9-,10+/m0/s1. The number of unbranched alkanes of at least 4 members (excludes halogenated alkanes) is 1. The van der Waals surface area contributed by atoms with Crippen LogP contribution in [-0.2, 0) is 0 Å². The van der Waals surface area contributed by atoms with Crippen LogP contribution < -0.4 is 11.1 Å². The van der Waals surface area contributed by atoms with Crippen molar-refractivity contribution in [2.75, 3.05) is 6.54 Å². The first-order chi connectivity index (χ1) is 5.84. The summed E-state index contributed by atoms with van der Waals surface area (Å²) in [5.74, 6) is 0. The van der Waals surface area contributed by atoms with E-state index in [-0.39, 0.29) is 0 Å². The van der Waals surface area contributed by atoms with E-state index in [0.29, 0.717) is 12.1 Å². The molecule has 0 aliphatic carbocycles. The predicted molar refractivity (Wildman–Crippen MR) is 53.1 cm³/mol. The molecule has 0 spiro atoms. The monoisotopic (exact) mass is 170 g/mol. The lowest BCUT2D eigenvalue weighted by Crippen LogP contribution is -2.43. The third kappa shape index (κ3) is 3.11. The Morgan fingerprint density at radius 3 is 3.00 bits per heavy atom. The molecule has 0 bridgehead atoms. The van der Waals surface area contributed by atoms with E-state index in [0.717, 1.165) is 0 Å². The zero-order valence-corrected chi connectivity index (χ0v) is 8.18. The molecule has 1 aliphatic heterocycles. The Labute approximate surface area is 75.9 Å². The maximum absolute atomic E-state index is 6.06. The van der Waals surface area contributed by atoms with E-state index in [1.807, 2.05) is 0 Å². The number of hydrogen-bond acceptors (Lipinski definition) is 2. The molecule has 3 N–H and O–H groups in total. The summed E-state index contributed by atoms with van der Waals surface area (Å²) >= 11 is 0. The van der Waals surface area contributed by atoms with Crippen molar-refractivity contribution in [2.45, 2.75) is 57.5 Å². The number of rotatable bonds is 3. The van der Waals surface area contributed by atoms with Gasteiger partial charge >= 0.3 is 0 Å². The minimum atomic E-state index is 0.402. The van der Waals surface area contributed by atoms with Crippen LogP contribution in [0.15, 0.2) is 0 Å². The molecule has 0 aromatic carbocycles. The minimum Gasteiger partial charge on any atom is -0.326 e. The molecule has 0 aromatic rings. The quantitative estimate of drug-likeness (QED) is 0.676. The highest BCUT2D eigenvalue weighted by molar-refractivity contribution is 4.81. The average molecular weight is 170 g/mol. The van der Waals surface area contributed by atoms with Gasteiger partial charge in [0.2, 0.25) is 0 Å². The van der Waals surface area contributed by atoms with Gasteiger partial charge in [-0.15, -0.1) is 0 Å². The Kier molecular flexibility index (Phi) is 4.62.